The van der Waals surface area contributed by atoms with E-state index >= 15 is 0 Å². The van der Waals surface area contributed by atoms with Gasteiger partial charge in [-0.3, -0.25) is 18.6 Å². The van der Waals surface area contributed by atoms with Gasteiger partial charge in [0.15, 0.2) is 6.10 Å². The van der Waals surface area contributed by atoms with Crippen LogP contribution in [0.2, 0.25) is 0 Å². The fourth-order valence-corrected chi connectivity index (χ4v) is 7.98. The molecule has 0 radical (unpaired) electrons. The third-order valence-corrected chi connectivity index (χ3v) is 12.0. The molecule has 0 aromatic carbocycles. The number of hydrogen-bond acceptors (Lipinski definition) is 8. The van der Waals surface area contributed by atoms with E-state index in [2.05, 4.69) is 62.5 Å². The molecule has 0 aliphatic heterocycles. The van der Waals surface area contributed by atoms with Crippen molar-refractivity contribution >= 4 is 19.8 Å². The van der Waals surface area contributed by atoms with Crippen LogP contribution in [-0.2, 0) is 32.7 Å². The average molecular weight is 894 g/mol. The molecule has 9 nitrogen and oxygen atoms in total. The predicted molar refractivity (Wildman–Crippen MR) is 261 cm³/mol. The zero-order valence-electron chi connectivity index (χ0n) is 40.1. The number of rotatable bonds is 48. The molecule has 62 heavy (non-hydrogen) atoms. The van der Waals surface area contributed by atoms with Crippen LogP contribution < -0.4 is 5.73 Å². The highest BCUT2D eigenvalue weighted by atomic mass is 31.2. The van der Waals surface area contributed by atoms with Crippen LogP contribution in [-0.4, -0.2) is 49.3 Å². The molecule has 10 heteroatoms. The van der Waals surface area contributed by atoms with E-state index in [4.69, 9.17) is 24.3 Å². The second kappa shape index (κ2) is 48.4. The van der Waals surface area contributed by atoms with E-state index < -0.39 is 26.5 Å². The van der Waals surface area contributed by atoms with Gasteiger partial charge in [-0.15, -0.1) is 0 Å². The van der Waals surface area contributed by atoms with E-state index in [0.717, 1.165) is 57.8 Å². The Balaban J connectivity index is 3.78. The summed E-state index contributed by atoms with van der Waals surface area (Å²) in [5, 5.41) is 0. The van der Waals surface area contributed by atoms with Gasteiger partial charge < -0.3 is 20.1 Å². The van der Waals surface area contributed by atoms with E-state index in [1.165, 1.54) is 148 Å². The summed E-state index contributed by atoms with van der Waals surface area (Å²) in [6, 6.07) is 0. The number of unbranched alkanes of at least 4 members (excludes halogenated alkanes) is 27. The summed E-state index contributed by atoms with van der Waals surface area (Å²) in [4.78, 5) is 34.8. The summed E-state index contributed by atoms with van der Waals surface area (Å²) >= 11 is 0. The van der Waals surface area contributed by atoms with Crippen LogP contribution in [0.3, 0.4) is 0 Å². The maximum absolute atomic E-state index is 12.6. The van der Waals surface area contributed by atoms with Gasteiger partial charge in [0.05, 0.1) is 13.2 Å². The molecular formula is C52H96NO8P. The number of nitrogens with two attached hydrogens (primary N) is 1. The summed E-state index contributed by atoms with van der Waals surface area (Å²) in [6.45, 7) is 3.61. The van der Waals surface area contributed by atoms with Gasteiger partial charge in [-0.05, 0) is 51.4 Å². The standard InChI is InChI=1S/C52H96NO8P/c1-3-5-7-9-11-13-14-15-16-17-18-19-20-21-22-23-24-25-26-27-28-29-30-31-32-33-34-35-36-37-39-41-43-45-52(55)61-50(49-60-62(56,57)59-47-46-53)48-58-51(54)44-42-40-38-12-10-8-6-4-2/h5,7,11,13,15-16,18-19,50H,3-4,6,8-10,12,14,17,20-49,53H2,1-2H3,(H,56,57)/b7-5-,13-11-,16-15-,19-18-. The van der Waals surface area contributed by atoms with Crippen LogP contribution in [0.5, 0.6) is 0 Å². The Kier molecular flexibility index (Phi) is 46.8. The Morgan fingerprint density at radius 3 is 1.32 bits per heavy atom. The molecule has 0 spiro atoms. The fourth-order valence-electron chi connectivity index (χ4n) is 7.22. The molecule has 0 aromatic heterocycles. The topological polar surface area (TPSA) is 134 Å². The molecule has 0 aromatic rings. The van der Waals surface area contributed by atoms with Crippen molar-refractivity contribution in [1.29, 1.82) is 0 Å². The highest BCUT2D eigenvalue weighted by Crippen LogP contribution is 2.43. The zero-order chi connectivity index (χ0) is 45.3. The van der Waals surface area contributed by atoms with Crippen LogP contribution in [0.15, 0.2) is 48.6 Å². The number of carbonyl (C=O) groups excluding carboxylic acids is 2. The van der Waals surface area contributed by atoms with Gasteiger partial charge in [-0.1, -0.05) is 223 Å². The van der Waals surface area contributed by atoms with Crippen molar-refractivity contribution in [2.75, 3.05) is 26.4 Å². The molecule has 0 rings (SSSR count). The number of ether oxygens (including phenoxy) is 2. The van der Waals surface area contributed by atoms with E-state index in [9.17, 15) is 19.0 Å². The van der Waals surface area contributed by atoms with Crippen molar-refractivity contribution < 1.29 is 37.6 Å². The molecule has 2 atom stereocenters. The van der Waals surface area contributed by atoms with Gasteiger partial charge in [0, 0.05) is 19.4 Å². The Morgan fingerprint density at radius 2 is 0.887 bits per heavy atom. The van der Waals surface area contributed by atoms with Crippen molar-refractivity contribution in [3.8, 4) is 0 Å². The third-order valence-electron chi connectivity index (χ3n) is 11.0. The van der Waals surface area contributed by atoms with Crippen LogP contribution >= 0.6 is 7.82 Å². The van der Waals surface area contributed by atoms with Gasteiger partial charge in [0.2, 0.25) is 0 Å². The SMILES string of the molecule is CC/C=C\C/C=C\C/C=C\C/C=C\CCCCCCCCCCCCCCCCCCCCCCC(=O)OC(COC(=O)CCCCCCCCCC)COP(=O)(O)OCCN. The number of carbonyl (C=O) groups is 2. The Bertz CT molecular complexity index is 1160. The minimum Gasteiger partial charge on any atom is -0.462 e. The lowest BCUT2D eigenvalue weighted by molar-refractivity contribution is -0.161. The van der Waals surface area contributed by atoms with Gasteiger partial charge >= 0.3 is 19.8 Å². The van der Waals surface area contributed by atoms with Crippen LogP contribution in [0.4, 0.5) is 0 Å². The molecule has 0 bridgehead atoms. The van der Waals surface area contributed by atoms with E-state index in [-0.39, 0.29) is 38.6 Å². The maximum atomic E-state index is 12.6. The fraction of sp³-hybridized carbons (Fsp3) is 0.808. The molecule has 0 heterocycles. The molecular weight excluding hydrogens is 798 g/mol. The van der Waals surface area contributed by atoms with Crippen molar-refractivity contribution in [2.24, 2.45) is 5.73 Å². The summed E-state index contributed by atoms with van der Waals surface area (Å²) < 4.78 is 32.8. The largest absolute Gasteiger partial charge is 0.472 e. The van der Waals surface area contributed by atoms with E-state index in [0.29, 0.717) is 6.42 Å². The molecule has 0 fully saturated rings. The second-order valence-corrected chi connectivity index (χ2v) is 18.5. The van der Waals surface area contributed by atoms with Crippen LogP contribution in [0, 0.1) is 0 Å². The van der Waals surface area contributed by atoms with Crippen LogP contribution in [0.25, 0.3) is 0 Å². The summed E-state index contributed by atoms with van der Waals surface area (Å²) in [5.74, 6) is -0.824. The maximum Gasteiger partial charge on any atom is 0.472 e. The monoisotopic (exact) mass is 894 g/mol. The Morgan fingerprint density at radius 1 is 0.500 bits per heavy atom. The number of esters is 2. The smallest absolute Gasteiger partial charge is 0.462 e. The lowest BCUT2D eigenvalue weighted by Gasteiger charge is -2.19. The summed E-state index contributed by atoms with van der Waals surface area (Å²) in [6.07, 6.45) is 57.7. The lowest BCUT2D eigenvalue weighted by Crippen LogP contribution is -2.29. The van der Waals surface area contributed by atoms with Gasteiger partial charge in [0.25, 0.3) is 0 Å². The van der Waals surface area contributed by atoms with E-state index in [1.807, 2.05) is 0 Å². The van der Waals surface area contributed by atoms with Crippen LogP contribution in [0.1, 0.15) is 239 Å². The molecule has 0 aliphatic carbocycles. The Hall–Kier alpha value is -2.03. The number of hydrogen-bond donors (Lipinski definition) is 2. The molecule has 0 saturated carbocycles. The molecule has 0 aliphatic rings. The molecule has 2 unspecified atom stereocenters. The molecule has 0 saturated heterocycles. The lowest BCUT2D eigenvalue weighted by atomic mass is 10.0. The first-order valence-electron chi connectivity index (χ1n) is 25.6. The first kappa shape index (κ1) is 60.0. The minimum atomic E-state index is -4.37. The Labute approximate surface area is 381 Å². The number of allylic oxidation sites excluding steroid dienone is 8. The van der Waals surface area contributed by atoms with Crippen molar-refractivity contribution in [2.45, 2.75) is 245 Å². The highest BCUT2D eigenvalue weighted by Gasteiger charge is 2.26. The molecule has 0 amide bonds. The summed E-state index contributed by atoms with van der Waals surface area (Å²) in [7, 11) is -4.37. The number of phosphoric acid groups is 1. The van der Waals surface area contributed by atoms with Gasteiger partial charge in [-0.25, -0.2) is 4.57 Å². The van der Waals surface area contributed by atoms with Crippen molar-refractivity contribution in [3.05, 3.63) is 48.6 Å². The third kappa shape index (κ3) is 47.4. The van der Waals surface area contributed by atoms with Crippen molar-refractivity contribution in [3.63, 3.8) is 0 Å². The normalized spacial score (nSPS) is 13.5. The minimum absolute atomic E-state index is 0.0550. The predicted octanol–water partition coefficient (Wildman–Crippen LogP) is 15.5. The van der Waals surface area contributed by atoms with E-state index in [1.54, 1.807) is 0 Å². The quantitative estimate of drug-likeness (QED) is 0.0265. The molecule has 3 N–H and O–H groups in total. The first-order chi connectivity index (χ1) is 30.3. The molecule has 362 valence electrons. The number of phosphoric ester groups is 1. The zero-order valence-corrected chi connectivity index (χ0v) is 41.0. The first-order valence-corrected chi connectivity index (χ1v) is 27.1. The highest BCUT2D eigenvalue weighted by molar-refractivity contribution is 7.47. The van der Waals surface area contributed by atoms with Gasteiger partial charge in [-0.2, -0.15) is 0 Å². The second-order valence-electron chi connectivity index (χ2n) is 17.0. The van der Waals surface area contributed by atoms with Gasteiger partial charge in [0.1, 0.15) is 6.61 Å². The summed E-state index contributed by atoms with van der Waals surface area (Å²) in [5.41, 5.74) is 5.35. The van der Waals surface area contributed by atoms with Crippen molar-refractivity contribution in [1.82, 2.24) is 0 Å². The average Bonchev–Trinajstić information content (AvgIpc) is 3.26.